The number of benzene rings is 1. The zero-order valence-corrected chi connectivity index (χ0v) is 10.9. The molecule has 0 N–H and O–H groups in total. The van der Waals surface area contributed by atoms with Crippen LogP contribution >= 0.6 is 24.2 Å². The minimum Gasteiger partial charge on any atom is -0.462 e. The maximum Gasteiger partial charge on any atom is 0.339 e. The molecule has 1 rings (SSSR count). The molecule has 0 fully saturated rings. The highest BCUT2D eigenvalue weighted by Gasteiger charge is 2.11. The maximum absolute atomic E-state index is 11.6. The number of halogens is 1. The van der Waals surface area contributed by atoms with Gasteiger partial charge < -0.3 is 4.74 Å². The van der Waals surface area contributed by atoms with E-state index < -0.39 is 0 Å². The lowest BCUT2D eigenvalue weighted by atomic mass is 10.2. The van der Waals surface area contributed by atoms with Crippen molar-refractivity contribution in [1.29, 1.82) is 0 Å². The molecule has 1 aromatic carbocycles. The molecule has 0 saturated heterocycles. The van der Waals surface area contributed by atoms with E-state index in [9.17, 15) is 4.79 Å². The van der Waals surface area contributed by atoms with Crippen molar-refractivity contribution in [2.45, 2.75) is 31.1 Å². The van der Waals surface area contributed by atoms with Crippen molar-refractivity contribution in [2.24, 2.45) is 0 Å². The molecule has 1 aromatic rings. The Bertz CT molecular complexity index is 366. The topological polar surface area (TPSA) is 26.3 Å². The normalized spacial score (nSPS) is 10.2. The van der Waals surface area contributed by atoms with E-state index in [2.05, 4.69) is 19.6 Å². The highest BCUT2D eigenvalue weighted by atomic mass is 35.5. The Kier molecular flexibility index (Phi) is 5.71. The number of unbranched alkanes of at least 4 members (excludes halogenated alkanes) is 2. The molecule has 0 unspecified atom stereocenters. The first-order valence-electron chi connectivity index (χ1n) is 5.30. The number of carbonyl (C=O) groups excluding carboxylic acids is 1. The molecule has 0 aliphatic heterocycles. The third kappa shape index (κ3) is 4.06. The van der Waals surface area contributed by atoms with Gasteiger partial charge in [-0.1, -0.05) is 31.4 Å². The lowest BCUT2D eigenvalue weighted by Crippen LogP contribution is -2.07. The van der Waals surface area contributed by atoms with Crippen LogP contribution in [0.5, 0.6) is 0 Å². The van der Waals surface area contributed by atoms with Gasteiger partial charge in [-0.2, -0.15) is 0 Å². The number of hydrogen-bond acceptors (Lipinski definition) is 3. The summed E-state index contributed by atoms with van der Waals surface area (Å²) in [6, 6.07) is 5.00. The van der Waals surface area contributed by atoms with Crippen LogP contribution in [0.15, 0.2) is 23.1 Å². The van der Waals surface area contributed by atoms with Gasteiger partial charge in [0.25, 0.3) is 0 Å². The van der Waals surface area contributed by atoms with Gasteiger partial charge in [0.15, 0.2) is 0 Å². The van der Waals surface area contributed by atoms with Crippen molar-refractivity contribution in [3.8, 4) is 0 Å². The smallest absolute Gasteiger partial charge is 0.339 e. The summed E-state index contributed by atoms with van der Waals surface area (Å²) in [6.07, 6.45) is 3.05. The van der Waals surface area contributed by atoms with Crippen molar-refractivity contribution < 1.29 is 9.53 Å². The summed E-state index contributed by atoms with van der Waals surface area (Å²) in [6.45, 7) is 2.54. The van der Waals surface area contributed by atoms with Gasteiger partial charge in [-0.15, -0.1) is 12.6 Å². The van der Waals surface area contributed by atoms with Crippen molar-refractivity contribution in [2.75, 3.05) is 6.61 Å². The molecule has 0 aliphatic carbocycles. The number of rotatable bonds is 5. The molecule has 0 amide bonds. The predicted molar refractivity (Wildman–Crippen MR) is 68.5 cm³/mol. The summed E-state index contributed by atoms with van der Waals surface area (Å²) < 4.78 is 5.11. The average Bonchev–Trinajstić information content (AvgIpc) is 2.27. The summed E-state index contributed by atoms with van der Waals surface area (Å²) in [4.78, 5) is 12.3. The molecule has 16 heavy (non-hydrogen) atoms. The van der Waals surface area contributed by atoms with Crippen LogP contribution in [0.2, 0.25) is 5.02 Å². The fourth-order valence-electron chi connectivity index (χ4n) is 1.26. The molecule has 2 nitrogen and oxygen atoms in total. The third-order valence-corrected chi connectivity index (χ3v) is 2.76. The Morgan fingerprint density at radius 3 is 2.88 bits per heavy atom. The average molecular weight is 259 g/mol. The summed E-state index contributed by atoms with van der Waals surface area (Å²) in [5, 5.41) is 0.401. The fourth-order valence-corrected chi connectivity index (χ4v) is 1.66. The lowest BCUT2D eigenvalue weighted by molar-refractivity contribution is 0.0498. The van der Waals surface area contributed by atoms with E-state index in [4.69, 9.17) is 16.3 Å². The van der Waals surface area contributed by atoms with Crippen LogP contribution in [0.4, 0.5) is 0 Å². The Balaban J connectivity index is 2.55. The number of hydrogen-bond donors (Lipinski definition) is 1. The second-order valence-electron chi connectivity index (χ2n) is 3.51. The molecule has 0 spiro atoms. The zero-order chi connectivity index (χ0) is 12.0. The van der Waals surface area contributed by atoms with Crippen LogP contribution in [0, 0.1) is 0 Å². The third-order valence-electron chi connectivity index (χ3n) is 2.15. The standard InChI is InChI=1S/C12H15ClO2S/c1-2-3-4-7-15-12(14)10-8-9(16)5-6-11(10)13/h5-6,8,16H,2-4,7H2,1H3. The quantitative estimate of drug-likeness (QED) is 0.491. The van der Waals surface area contributed by atoms with E-state index in [0.717, 1.165) is 19.3 Å². The minimum absolute atomic E-state index is 0.378. The molecule has 0 bridgehead atoms. The first kappa shape index (κ1) is 13.4. The Morgan fingerprint density at radius 2 is 2.19 bits per heavy atom. The Morgan fingerprint density at radius 1 is 1.44 bits per heavy atom. The first-order chi connectivity index (χ1) is 7.65. The fraction of sp³-hybridized carbons (Fsp3) is 0.417. The summed E-state index contributed by atoms with van der Waals surface area (Å²) >= 11 is 10.1. The van der Waals surface area contributed by atoms with Gasteiger partial charge in [0.2, 0.25) is 0 Å². The zero-order valence-electron chi connectivity index (χ0n) is 9.20. The molecule has 88 valence electrons. The molecule has 0 aliphatic rings. The van der Waals surface area contributed by atoms with Crippen molar-refractivity contribution in [1.82, 2.24) is 0 Å². The molecule has 0 heterocycles. The van der Waals surface area contributed by atoms with Crippen LogP contribution in [0.25, 0.3) is 0 Å². The Labute approximate surface area is 106 Å². The lowest BCUT2D eigenvalue weighted by Gasteiger charge is -2.06. The number of esters is 1. The molecule has 0 aromatic heterocycles. The Hall–Kier alpha value is -0.670. The van der Waals surface area contributed by atoms with Gasteiger partial charge in [0.05, 0.1) is 17.2 Å². The van der Waals surface area contributed by atoms with Gasteiger partial charge in [-0.05, 0) is 24.6 Å². The maximum atomic E-state index is 11.6. The molecular formula is C12H15ClO2S. The monoisotopic (exact) mass is 258 g/mol. The van der Waals surface area contributed by atoms with E-state index in [0.29, 0.717) is 22.1 Å². The van der Waals surface area contributed by atoms with Crippen LogP contribution < -0.4 is 0 Å². The van der Waals surface area contributed by atoms with Gasteiger partial charge in [-0.25, -0.2) is 4.79 Å². The predicted octanol–water partition coefficient (Wildman–Crippen LogP) is 3.98. The molecular weight excluding hydrogens is 244 g/mol. The van der Waals surface area contributed by atoms with Crippen molar-refractivity contribution >= 4 is 30.2 Å². The van der Waals surface area contributed by atoms with E-state index in [-0.39, 0.29) is 5.97 Å². The van der Waals surface area contributed by atoms with Gasteiger partial charge in [0, 0.05) is 4.90 Å². The van der Waals surface area contributed by atoms with Gasteiger partial charge in [0.1, 0.15) is 0 Å². The van der Waals surface area contributed by atoms with Crippen LogP contribution in [0.1, 0.15) is 36.5 Å². The second kappa shape index (κ2) is 6.81. The van der Waals surface area contributed by atoms with Gasteiger partial charge >= 0.3 is 5.97 Å². The highest BCUT2D eigenvalue weighted by Crippen LogP contribution is 2.20. The van der Waals surface area contributed by atoms with E-state index in [1.807, 2.05) is 0 Å². The highest BCUT2D eigenvalue weighted by molar-refractivity contribution is 7.80. The SMILES string of the molecule is CCCCCOC(=O)c1cc(S)ccc1Cl. The summed E-state index contributed by atoms with van der Waals surface area (Å²) in [5.41, 5.74) is 0.380. The van der Waals surface area contributed by atoms with E-state index in [1.165, 1.54) is 0 Å². The van der Waals surface area contributed by atoms with Crippen molar-refractivity contribution in [3.05, 3.63) is 28.8 Å². The largest absolute Gasteiger partial charge is 0.462 e. The van der Waals surface area contributed by atoms with E-state index >= 15 is 0 Å². The first-order valence-corrected chi connectivity index (χ1v) is 6.13. The number of thiol groups is 1. The summed E-state index contributed by atoms with van der Waals surface area (Å²) in [5.74, 6) is -0.378. The van der Waals surface area contributed by atoms with Crippen molar-refractivity contribution in [3.63, 3.8) is 0 Å². The van der Waals surface area contributed by atoms with Crippen LogP contribution in [0.3, 0.4) is 0 Å². The van der Waals surface area contributed by atoms with Gasteiger partial charge in [-0.3, -0.25) is 0 Å². The second-order valence-corrected chi connectivity index (χ2v) is 4.43. The summed E-state index contributed by atoms with van der Waals surface area (Å²) in [7, 11) is 0. The van der Waals surface area contributed by atoms with Crippen LogP contribution in [-0.4, -0.2) is 12.6 Å². The molecule has 0 saturated carbocycles. The number of carbonyl (C=O) groups is 1. The van der Waals surface area contributed by atoms with Crippen LogP contribution in [-0.2, 0) is 4.74 Å². The molecule has 0 atom stereocenters. The minimum atomic E-state index is -0.378. The van der Waals surface area contributed by atoms with E-state index in [1.54, 1.807) is 18.2 Å². The molecule has 4 heteroatoms. The molecule has 0 radical (unpaired) electrons. The number of ether oxygens (including phenoxy) is 1.